The summed E-state index contributed by atoms with van der Waals surface area (Å²) >= 11 is 3.65. The fraction of sp³-hybridized carbons (Fsp3) is 0.400. The molecule has 0 aromatic heterocycles. The number of carbonyl (C=O) groups excluding carboxylic acids is 1. The lowest BCUT2D eigenvalue weighted by Gasteiger charge is -1.97. The Kier molecular flexibility index (Phi) is 4.57. The normalized spacial score (nSPS) is 10.8. The number of rotatable bonds is 3. The van der Waals surface area contributed by atoms with Crippen molar-refractivity contribution in [2.45, 2.75) is 6.92 Å². The van der Waals surface area contributed by atoms with Gasteiger partial charge in [-0.15, -0.1) is 12.6 Å². The van der Waals surface area contributed by atoms with E-state index >= 15 is 0 Å². The standard InChI is InChI=1S/C5H8N2O2S/c1-2-9-5(8)4(3-10)7-6/h3,6,10H,2H2,1H3/b4-3-,7-6?. The smallest absolute Gasteiger partial charge is 0.359 e. The van der Waals surface area contributed by atoms with Gasteiger partial charge in [0.25, 0.3) is 0 Å². The van der Waals surface area contributed by atoms with Crippen LogP contribution in [-0.4, -0.2) is 12.6 Å². The van der Waals surface area contributed by atoms with E-state index in [9.17, 15) is 4.79 Å². The lowest BCUT2D eigenvalue weighted by molar-refractivity contribution is -0.138. The van der Waals surface area contributed by atoms with Crippen LogP contribution in [0.1, 0.15) is 6.92 Å². The van der Waals surface area contributed by atoms with E-state index in [0.29, 0.717) is 0 Å². The van der Waals surface area contributed by atoms with Gasteiger partial charge in [-0.25, -0.2) is 10.3 Å². The Morgan fingerprint density at radius 3 is 2.80 bits per heavy atom. The molecule has 0 saturated heterocycles. The third-order valence-corrected chi connectivity index (χ3v) is 0.972. The van der Waals surface area contributed by atoms with E-state index in [1.165, 1.54) is 0 Å². The molecule has 56 valence electrons. The number of hydrogen-bond acceptors (Lipinski definition) is 5. The second kappa shape index (κ2) is 4.99. The van der Waals surface area contributed by atoms with Crippen molar-refractivity contribution in [3.05, 3.63) is 11.1 Å². The van der Waals surface area contributed by atoms with Crippen molar-refractivity contribution in [1.82, 2.24) is 0 Å². The van der Waals surface area contributed by atoms with Gasteiger partial charge in [0.2, 0.25) is 0 Å². The topological polar surface area (TPSA) is 62.5 Å². The molecule has 0 spiro atoms. The van der Waals surface area contributed by atoms with Gasteiger partial charge in [-0.05, 0) is 6.92 Å². The summed E-state index contributed by atoms with van der Waals surface area (Å²) in [6, 6.07) is 0. The minimum absolute atomic E-state index is 0.0924. The number of nitrogens with zero attached hydrogens (tertiary/aromatic N) is 1. The third kappa shape index (κ3) is 2.63. The van der Waals surface area contributed by atoms with Crippen LogP contribution in [0, 0.1) is 5.53 Å². The van der Waals surface area contributed by atoms with Crippen LogP contribution in [0.3, 0.4) is 0 Å². The van der Waals surface area contributed by atoms with Crippen molar-refractivity contribution in [1.29, 1.82) is 5.53 Å². The molecule has 0 atom stereocenters. The van der Waals surface area contributed by atoms with Crippen LogP contribution < -0.4 is 0 Å². The molecule has 0 unspecified atom stereocenters. The molecule has 10 heavy (non-hydrogen) atoms. The lowest BCUT2D eigenvalue weighted by Crippen LogP contribution is -2.04. The summed E-state index contributed by atoms with van der Waals surface area (Å²) in [7, 11) is 0. The van der Waals surface area contributed by atoms with Crippen molar-refractivity contribution in [3.63, 3.8) is 0 Å². The molecule has 0 aliphatic carbocycles. The number of nitrogens with one attached hydrogen (secondary N) is 1. The first-order chi connectivity index (χ1) is 4.76. The molecule has 0 saturated carbocycles. The summed E-state index contributed by atoms with van der Waals surface area (Å²) in [5.41, 5.74) is 6.38. The van der Waals surface area contributed by atoms with E-state index < -0.39 is 5.97 Å². The molecule has 5 heteroatoms. The summed E-state index contributed by atoms with van der Waals surface area (Å²) in [5.74, 6) is -0.618. The Labute approximate surface area is 64.2 Å². The highest BCUT2D eigenvalue weighted by Gasteiger charge is 2.06. The maximum atomic E-state index is 10.7. The summed E-state index contributed by atoms with van der Waals surface area (Å²) in [4.78, 5) is 10.7. The highest BCUT2D eigenvalue weighted by molar-refractivity contribution is 7.83. The number of thiol groups is 1. The zero-order valence-electron chi connectivity index (χ0n) is 5.50. The predicted molar refractivity (Wildman–Crippen MR) is 38.8 cm³/mol. The maximum Gasteiger partial charge on any atom is 0.359 e. The summed E-state index contributed by atoms with van der Waals surface area (Å²) in [6.45, 7) is 1.96. The molecule has 0 amide bonds. The van der Waals surface area contributed by atoms with Crippen LogP contribution in [0.5, 0.6) is 0 Å². The molecule has 0 heterocycles. The molecule has 1 N–H and O–H groups in total. The number of hydrogen-bond donors (Lipinski definition) is 2. The van der Waals surface area contributed by atoms with E-state index in [4.69, 9.17) is 5.53 Å². The van der Waals surface area contributed by atoms with Gasteiger partial charge in [0.05, 0.1) is 6.61 Å². The molecule has 0 radical (unpaired) electrons. The first kappa shape index (κ1) is 9.16. The summed E-state index contributed by atoms with van der Waals surface area (Å²) in [5, 5.41) is 4.02. The minimum Gasteiger partial charge on any atom is -0.461 e. The summed E-state index contributed by atoms with van der Waals surface area (Å²) < 4.78 is 4.52. The molecule has 0 aliphatic heterocycles. The Morgan fingerprint density at radius 1 is 1.90 bits per heavy atom. The van der Waals surface area contributed by atoms with Crippen LogP contribution in [0.4, 0.5) is 0 Å². The summed E-state index contributed by atoms with van der Waals surface area (Å²) in [6.07, 6.45) is 0. The second-order valence-corrected chi connectivity index (χ2v) is 1.60. The average molecular weight is 160 g/mol. The van der Waals surface area contributed by atoms with Gasteiger partial charge in [0, 0.05) is 5.41 Å². The van der Waals surface area contributed by atoms with E-state index in [2.05, 4.69) is 22.5 Å². The Balaban J connectivity index is 4.04. The van der Waals surface area contributed by atoms with Gasteiger partial charge in [-0.2, -0.15) is 5.11 Å². The zero-order chi connectivity index (χ0) is 7.98. The molecule has 0 fully saturated rings. The van der Waals surface area contributed by atoms with Crippen molar-refractivity contribution >= 4 is 18.6 Å². The van der Waals surface area contributed by atoms with E-state index in [0.717, 1.165) is 5.41 Å². The highest BCUT2D eigenvalue weighted by Crippen LogP contribution is 2.00. The van der Waals surface area contributed by atoms with Gasteiger partial charge in [0.15, 0.2) is 5.70 Å². The Bertz CT molecular complexity index is 167. The van der Waals surface area contributed by atoms with Gasteiger partial charge >= 0.3 is 5.97 Å². The first-order valence-electron chi connectivity index (χ1n) is 2.65. The molecule has 0 aliphatic rings. The molecule has 0 aromatic rings. The van der Waals surface area contributed by atoms with Crippen molar-refractivity contribution in [3.8, 4) is 0 Å². The Hall–Kier alpha value is -0.840. The molecule has 4 nitrogen and oxygen atoms in total. The average Bonchev–Trinajstić information content (AvgIpc) is 1.91. The first-order valence-corrected chi connectivity index (χ1v) is 3.16. The van der Waals surface area contributed by atoms with Crippen molar-refractivity contribution in [2.24, 2.45) is 5.11 Å². The lowest BCUT2D eigenvalue weighted by atomic mass is 10.5. The molecule has 0 aromatic carbocycles. The quantitative estimate of drug-likeness (QED) is 0.283. The molecule has 0 rings (SSSR count). The second-order valence-electron chi connectivity index (χ2n) is 1.35. The third-order valence-electron chi connectivity index (χ3n) is 0.727. The van der Waals surface area contributed by atoms with Gasteiger partial charge < -0.3 is 4.74 Å². The van der Waals surface area contributed by atoms with E-state index in [1.54, 1.807) is 6.92 Å². The van der Waals surface area contributed by atoms with Crippen LogP contribution in [0.2, 0.25) is 0 Å². The van der Waals surface area contributed by atoms with Crippen molar-refractivity contribution < 1.29 is 9.53 Å². The van der Waals surface area contributed by atoms with Crippen LogP contribution in [-0.2, 0) is 9.53 Å². The minimum atomic E-state index is -0.618. The van der Waals surface area contributed by atoms with E-state index in [1.807, 2.05) is 0 Å². The van der Waals surface area contributed by atoms with Crippen LogP contribution in [0.25, 0.3) is 0 Å². The largest absolute Gasteiger partial charge is 0.461 e. The zero-order valence-corrected chi connectivity index (χ0v) is 6.39. The molecular weight excluding hydrogens is 152 g/mol. The van der Waals surface area contributed by atoms with Gasteiger partial charge in [-0.3, -0.25) is 0 Å². The fourth-order valence-corrected chi connectivity index (χ4v) is 0.495. The SMILES string of the molecule is CCOC(=O)/C(=C/S)N=N. The van der Waals surface area contributed by atoms with Crippen LogP contribution in [0.15, 0.2) is 16.2 Å². The van der Waals surface area contributed by atoms with Crippen LogP contribution >= 0.6 is 12.6 Å². The van der Waals surface area contributed by atoms with Gasteiger partial charge in [-0.1, -0.05) is 0 Å². The number of ether oxygens (including phenoxy) is 1. The van der Waals surface area contributed by atoms with Gasteiger partial charge in [0.1, 0.15) is 0 Å². The van der Waals surface area contributed by atoms with E-state index in [-0.39, 0.29) is 12.3 Å². The monoisotopic (exact) mass is 160 g/mol. The fourth-order valence-electron chi connectivity index (χ4n) is 0.332. The maximum absolute atomic E-state index is 10.7. The highest BCUT2D eigenvalue weighted by atomic mass is 32.1. The molecule has 0 bridgehead atoms. The predicted octanol–water partition coefficient (Wildman–Crippen LogP) is 1.35. The number of esters is 1. The number of carbonyl (C=O) groups is 1. The molecular formula is C5H8N2O2S. The van der Waals surface area contributed by atoms with Crippen molar-refractivity contribution in [2.75, 3.05) is 6.61 Å². The Morgan fingerprint density at radius 2 is 2.50 bits per heavy atom.